The Morgan fingerprint density at radius 2 is 2.19 bits per heavy atom. The zero-order chi connectivity index (χ0) is 14.9. The van der Waals surface area contributed by atoms with Crippen molar-refractivity contribution < 1.29 is 9.53 Å². The molecule has 0 aromatic carbocycles. The number of nitrogens with zero attached hydrogens (tertiary/aromatic N) is 1. The van der Waals surface area contributed by atoms with Gasteiger partial charge in [0.15, 0.2) is 0 Å². The third-order valence-electron chi connectivity index (χ3n) is 3.58. The average Bonchev–Trinajstić information content (AvgIpc) is 2.91. The molecule has 1 aliphatic carbocycles. The molecule has 0 saturated heterocycles. The Bertz CT molecular complexity index is 430. The van der Waals surface area contributed by atoms with Crippen LogP contribution in [0.1, 0.15) is 48.4 Å². The Labute approximate surface area is 130 Å². The van der Waals surface area contributed by atoms with Crippen LogP contribution < -0.4 is 10.6 Å². The summed E-state index contributed by atoms with van der Waals surface area (Å²) in [7, 11) is 0. The summed E-state index contributed by atoms with van der Waals surface area (Å²) < 4.78 is 5.82. The van der Waals surface area contributed by atoms with Crippen molar-refractivity contribution in [2.24, 2.45) is 0 Å². The van der Waals surface area contributed by atoms with Crippen LogP contribution >= 0.6 is 11.3 Å². The minimum absolute atomic E-state index is 0.138. The third kappa shape index (κ3) is 6.44. The summed E-state index contributed by atoms with van der Waals surface area (Å²) in [5.41, 5.74) is 0. The summed E-state index contributed by atoms with van der Waals surface area (Å²) in [6.45, 7) is 3.88. The van der Waals surface area contributed by atoms with Gasteiger partial charge in [0.05, 0.1) is 12.6 Å². The SMILES string of the molecule is Cc1cnc(CNC(=O)NCCCOC2CCCCC2)s1. The normalized spacial score (nSPS) is 15.9. The predicted octanol–water partition coefficient (Wildman–Crippen LogP) is 2.99. The Hall–Kier alpha value is -1.14. The summed E-state index contributed by atoms with van der Waals surface area (Å²) in [5, 5.41) is 6.59. The van der Waals surface area contributed by atoms with Crippen molar-refractivity contribution in [3.8, 4) is 0 Å². The van der Waals surface area contributed by atoms with Gasteiger partial charge in [-0.15, -0.1) is 11.3 Å². The third-order valence-corrected chi connectivity index (χ3v) is 4.49. The van der Waals surface area contributed by atoms with Crippen LogP contribution in [0.4, 0.5) is 4.79 Å². The number of aromatic nitrogens is 1. The molecular formula is C15H25N3O2S. The van der Waals surface area contributed by atoms with E-state index in [1.807, 2.05) is 13.1 Å². The van der Waals surface area contributed by atoms with E-state index in [4.69, 9.17) is 4.74 Å². The lowest BCUT2D eigenvalue weighted by Gasteiger charge is -2.21. The number of urea groups is 1. The number of hydrogen-bond acceptors (Lipinski definition) is 4. The number of carbonyl (C=O) groups excluding carboxylic acids is 1. The van der Waals surface area contributed by atoms with Crippen LogP contribution in [0.3, 0.4) is 0 Å². The van der Waals surface area contributed by atoms with Gasteiger partial charge in [-0.1, -0.05) is 19.3 Å². The van der Waals surface area contributed by atoms with Gasteiger partial charge in [-0.25, -0.2) is 9.78 Å². The van der Waals surface area contributed by atoms with Crippen LogP contribution in [0.25, 0.3) is 0 Å². The molecule has 118 valence electrons. The molecule has 2 amide bonds. The zero-order valence-electron chi connectivity index (χ0n) is 12.7. The number of ether oxygens (including phenoxy) is 1. The molecule has 0 unspecified atom stereocenters. The molecule has 1 aliphatic rings. The molecule has 2 N–H and O–H groups in total. The van der Waals surface area contributed by atoms with Crippen molar-refractivity contribution in [3.05, 3.63) is 16.1 Å². The van der Waals surface area contributed by atoms with E-state index in [1.165, 1.54) is 32.1 Å². The van der Waals surface area contributed by atoms with Gasteiger partial charge in [0.2, 0.25) is 0 Å². The second kappa shape index (κ2) is 9.00. The van der Waals surface area contributed by atoms with E-state index in [-0.39, 0.29) is 6.03 Å². The van der Waals surface area contributed by atoms with E-state index in [2.05, 4.69) is 15.6 Å². The summed E-state index contributed by atoms with van der Waals surface area (Å²) in [6, 6.07) is -0.138. The van der Waals surface area contributed by atoms with Gasteiger partial charge < -0.3 is 15.4 Å². The van der Waals surface area contributed by atoms with Crippen molar-refractivity contribution in [1.29, 1.82) is 0 Å². The molecule has 0 aliphatic heterocycles. The smallest absolute Gasteiger partial charge is 0.315 e. The highest BCUT2D eigenvalue weighted by molar-refractivity contribution is 7.11. The number of amides is 2. The largest absolute Gasteiger partial charge is 0.378 e. The van der Waals surface area contributed by atoms with Gasteiger partial charge in [0.25, 0.3) is 0 Å². The van der Waals surface area contributed by atoms with Crippen LogP contribution in [-0.4, -0.2) is 30.3 Å². The van der Waals surface area contributed by atoms with Crippen LogP contribution in [0.15, 0.2) is 6.20 Å². The van der Waals surface area contributed by atoms with Crippen LogP contribution in [0.5, 0.6) is 0 Å². The lowest BCUT2D eigenvalue weighted by molar-refractivity contribution is 0.0275. The molecule has 1 saturated carbocycles. The summed E-state index contributed by atoms with van der Waals surface area (Å²) in [5.74, 6) is 0. The number of aryl methyl sites for hydroxylation is 1. The summed E-state index contributed by atoms with van der Waals surface area (Å²) in [6.07, 6.45) is 9.45. The molecular weight excluding hydrogens is 286 g/mol. The first-order valence-corrected chi connectivity index (χ1v) is 8.60. The zero-order valence-corrected chi connectivity index (χ0v) is 13.5. The molecule has 1 heterocycles. The highest BCUT2D eigenvalue weighted by atomic mass is 32.1. The second-order valence-electron chi connectivity index (χ2n) is 5.46. The Balaban J connectivity index is 1.47. The highest BCUT2D eigenvalue weighted by Gasteiger charge is 2.13. The van der Waals surface area contributed by atoms with Gasteiger partial charge in [-0.2, -0.15) is 0 Å². The number of carbonyl (C=O) groups is 1. The Kier molecular flexibility index (Phi) is 6.95. The molecule has 2 rings (SSSR count). The van der Waals surface area contributed by atoms with E-state index in [0.717, 1.165) is 22.9 Å². The number of nitrogens with one attached hydrogen (secondary N) is 2. The molecule has 0 spiro atoms. The molecule has 1 aromatic rings. The maximum atomic E-state index is 11.6. The first kappa shape index (κ1) is 16.2. The molecule has 1 fully saturated rings. The fraction of sp³-hybridized carbons (Fsp3) is 0.733. The van der Waals surface area contributed by atoms with Gasteiger partial charge >= 0.3 is 6.03 Å². The molecule has 21 heavy (non-hydrogen) atoms. The first-order chi connectivity index (χ1) is 10.2. The Morgan fingerprint density at radius 1 is 1.38 bits per heavy atom. The van der Waals surface area contributed by atoms with Crippen molar-refractivity contribution in [3.63, 3.8) is 0 Å². The standard InChI is InChI=1S/C15H25N3O2S/c1-12-10-17-14(21-12)11-18-15(19)16-8-5-9-20-13-6-3-2-4-7-13/h10,13H,2-9,11H2,1H3,(H2,16,18,19). The molecule has 0 bridgehead atoms. The fourth-order valence-electron chi connectivity index (χ4n) is 2.46. The van der Waals surface area contributed by atoms with Crippen molar-refractivity contribution >= 4 is 17.4 Å². The van der Waals surface area contributed by atoms with Gasteiger partial charge in [0.1, 0.15) is 5.01 Å². The van der Waals surface area contributed by atoms with E-state index < -0.39 is 0 Å². The fourth-order valence-corrected chi connectivity index (χ4v) is 3.18. The van der Waals surface area contributed by atoms with Crippen molar-refractivity contribution in [2.75, 3.05) is 13.2 Å². The quantitative estimate of drug-likeness (QED) is 0.761. The molecule has 5 nitrogen and oxygen atoms in total. The van der Waals surface area contributed by atoms with Crippen LogP contribution in [-0.2, 0) is 11.3 Å². The molecule has 0 atom stereocenters. The van der Waals surface area contributed by atoms with E-state index in [9.17, 15) is 4.79 Å². The summed E-state index contributed by atoms with van der Waals surface area (Å²) >= 11 is 1.60. The number of hydrogen-bond donors (Lipinski definition) is 2. The first-order valence-electron chi connectivity index (χ1n) is 7.78. The van der Waals surface area contributed by atoms with Crippen LogP contribution in [0.2, 0.25) is 0 Å². The number of rotatable bonds is 7. The van der Waals surface area contributed by atoms with Gasteiger partial charge in [0, 0.05) is 24.2 Å². The molecule has 0 radical (unpaired) electrons. The van der Waals surface area contributed by atoms with Crippen LogP contribution in [0, 0.1) is 6.92 Å². The van der Waals surface area contributed by atoms with E-state index in [1.54, 1.807) is 11.3 Å². The van der Waals surface area contributed by atoms with E-state index in [0.29, 0.717) is 19.2 Å². The van der Waals surface area contributed by atoms with Gasteiger partial charge in [-0.3, -0.25) is 0 Å². The maximum Gasteiger partial charge on any atom is 0.315 e. The average molecular weight is 311 g/mol. The highest BCUT2D eigenvalue weighted by Crippen LogP contribution is 2.20. The molecule has 6 heteroatoms. The maximum absolute atomic E-state index is 11.6. The lowest BCUT2D eigenvalue weighted by Crippen LogP contribution is -2.36. The predicted molar refractivity (Wildman–Crippen MR) is 84.5 cm³/mol. The summed E-state index contributed by atoms with van der Waals surface area (Å²) in [4.78, 5) is 17.0. The second-order valence-corrected chi connectivity index (χ2v) is 6.78. The topological polar surface area (TPSA) is 63.2 Å². The lowest BCUT2D eigenvalue weighted by atomic mass is 9.98. The van der Waals surface area contributed by atoms with Crippen molar-refractivity contribution in [1.82, 2.24) is 15.6 Å². The number of thiazole rings is 1. The molecule has 1 aromatic heterocycles. The monoisotopic (exact) mass is 311 g/mol. The minimum atomic E-state index is -0.138. The van der Waals surface area contributed by atoms with Gasteiger partial charge in [-0.05, 0) is 26.2 Å². The Morgan fingerprint density at radius 3 is 2.90 bits per heavy atom. The van der Waals surface area contributed by atoms with Crippen molar-refractivity contribution in [2.45, 2.75) is 58.1 Å². The minimum Gasteiger partial charge on any atom is -0.378 e. The van der Waals surface area contributed by atoms with E-state index >= 15 is 0 Å².